The van der Waals surface area contributed by atoms with Crippen LogP contribution >= 0.6 is 11.3 Å². The van der Waals surface area contributed by atoms with Gasteiger partial charge in [0.05, 0.1) is 0 Å². The predicted molar refractivity (Wildman–Crippen MR) is 66.1 cm³/mol. The highest BCUT2D eigenvalue weighted by molar-refractivity contribution is 7.10. The molecule has 1 aliphatic rings. The quantitative estimate of drug-likeness (QED) is 0.851. The monoisotopic (exact) mass is 224 g/mol. The normalized spacial score (nSPS) is 27.7. The number of nitrogens with two attached hydrogens (primary N) is 1. The van der Waals surface area contributed by atoms with Crippen molar-refractivity contribution in [3.8, 4) is 0 Å². The summed E-state index contributed by atoms with van der Waals surface area (Å²) in [5, 5.41) is 2.15. The Morgan fingerprint density at radius 2 is 2.40 bits per heavy atom. The zero-order chi connectivity index (χ0) is 10.8. The summed E-state index contributed by atoms with van der Waals surface area (Å²) in [4.78, 5) is 3.95. The van der Waals surface area contributed by atoms with Crippen molar-refractivity contribution in [2.75, 3.05) is 13.6 Å². The van der Waals surface area contributed by atoms with Crippen LogP contribution < -0.4 is 5.73 Å². The summed E-state index contributed by atoms with van der Waals surface area (Å²) in [5.41, 5.74) is 5.76. The zero-order valence-corrected chi connectivity index (χ0v) is 10.3. The Bertz CT molecular complexity index is 295. The highest BCUT2D eigenvalue weighted by Gasteiger charge is 2.34. The van der Waals surface area contributed by atoms with Crippen molar-refractivity contribution in [1.82, 2.24) is 4.90 Å². The minimum atomic E-state index is 0.532. The van der Waals surface area contributed by atoms with E-state index in [0.29, 0.717) is 12.1 Å². The molecule has 15 heavy (non-hydrogen) atoms. The Hall–Kier alpha value is -0.380. The molecule has 0 aliphatic heterocycles. The molecular weight excluding hydrogens is 204 g/mol. The molecule has 1 heterocycles. The lowest BCUT2D eigenvalue weighted by Crippen LogP contribution is -2.48. The van der Waals surface area contributed by atoms with Crippen LogP contribution in [0.15, 0.2) is 17.5 Å². The zero-order valence-electron chi connectivity index (χ0n) is 9.52. The molecule has 1 aromatic rings. The summed E-state index contributed by atoms with van der Waals surface area (Å²) in [6.45, 7) is 3.13. The fourth-order valence-corrected chi connectivity index (χ4v) is 3.21. The lowest BCUT2D eigenvalue weighted by atomic mass is 9.78. The molecule has 2 N–H and O–H groups in total. The molecule has 2 rings (SSSR count). The maximum atomic E-state index is 5.76. The second kappa shape index (κ2) is 4.64. The van der Waals surface area contributed by atoms with E-state index in [1.165, 1.54) is 17.7 Å². The molecular formula is C12H20N2S. The van der Waals surface area contributed by atoms with Gasteiger partial charge in [-0.15, -0.1) is 11.3 Å². The first-order chi connectivity index (χ1) is 7.24. The van der Waals surface area contributed by atoms with Gasteiger partial charge in [-0.05, 0) is 50.7 Å². The van der Waals surface area contributed by atoms with Crippen LogP contribution in [0.3, 0.4) is 0 Å². The van der Waals surface area contributed by atoms with Crippen LogP contribution in [-0.2, 0) is 0 Å². The van der Waals surface area contributed by atoms with Gasteiger partial charge in [0.2, 0.25) is 0 Å². The highest BCUT2D eigenvalue weighted by Crippen LogP contribution is 2.36. The SMILES string of the molecule is CC(c1cccs1)N(C)C1CCC1CN. The second-order valence-electron chi connectivity index (χ2n) is 4.50. The van der Waals surface area contributed by atoms with Gasteiger partial charge in [0.25, 0.3) is 0 Å². The van der Waals surface area contributed by atoms with Crippen LogP contribution in [-0.4, -0.2) is 24.5 Å². The highest BCUT2D eigenvalue weighted by atomic mass is 32.1. The number of nitrogens with zero attached hydrogens (tertiary/aromatic N) is 1. The first-order valence-electron chi connectivity index (χ1n) is 5.69. The van der Waals surface area contributed by atoms with E-state index in [1.54, 1.807) is 0 Å². The maximum absolute atomic E-state index is 5.76. The van der Waals surface area contributed by atoms with Crippen molar-refractivity contribution in [3.05, 3.63) is 22.4 Å². The van der Waals surface area contributed by atoms with E-state index >= 15 is 0 Å². The molecule has 1 saturated carbocycles. The first-order valence-corrected chi connectivity index (χ1v) is 6.57. The van der Waals surface area contributed by atoms with Gasteiger partial charge in [-0.1, -0.05) is 6.07 Å². The molecule has 0 bridgehead atoms. The van der Waals surface area contributed by atoms with Crippen LogP contribution in [0, 0.1) is 5.92 Å². The Morgan fingerprint density at radius 3 is 2.87 bits per heavy atom. The van der Waals surface area contributed by atoms with E-state index in [4.69, 9.17) is 5.73 Å². The Morgan fingerprint density at radius 1 is 1.60 bits per heavy atom. The van der Waals surface area contributed by atoms with Crippen LogP contribution in [0.1, 0.15) is 30.7 Å². The van der Waals surface area contributed by atoms with Gasteiger partial charge in [-0.3, -0.25) is 4.90 Å². The Balaban J connectivity index is 1.98. The minimum absolute atomic E-state index is 0.532. The molecule has 0 spiro atoms. The van der Waals surface area contributed by atoms with E-state index in [0.717, 1.165) is 12.5 Å². The summed E-state index contributed by atoms with van der Waals surface area (Å²) >= 11 is 1.85. The summed E-state index contributed by atoms with van der Waals surface area (Å²) in [7, 11) is 2.23. The molecule has 1 aromatic heterocycles. The fraction of sp³-hybridized carbons (Fsp3) is 0.667. The molecule has 3 heteroatoms. The third-order valence-corrected chi connectivity index (χ3v) is 4.81. The molecule has 2 nitrogen and oxygen atoms in total. The molecule has 3 unspecified atom stereocenters. The van der Waals surface area contributed by atoms with Crippen LogP contribution in [0.25, 0.3) is 0 Å². The van der Waals surface area contributed by atoms with Crippen molar-refractivity contribution >= 4 is 11.3 Å². The fourth-order valence-electron chi connectivity index (χ4n) is 2.38. The first kappa shape index (κ1) is 11.1. The summed E-state index contributed by atoms with van der Waals surface area (Å²) in [5.74, 6) is 0.720. The van der Waals surface area contributed by atoms with Crippen molar-refractivity contribution in [1.29, 1.82) is 0 Å². The lowest BCUT2D eigenvalue weighted by Gasteiger charge is -2.44. The van der Waals surface area contributed by atoms with Gasteiger partial charge in [-0.25, -0.2) is 0 Å². The molecule has 0 aromatic carbocycles. The Kier molecular flexibility index (Phi) is 3.44. The van der Waals surface area contributed by atoms with Crippen LogP contribution in [0.2, 0.25) is 0 Å². The minimum Gasteiger partial charge on any atom is -0.330 e. The van der Waals surface area contributed by atoms with Crippen LogP contribution in [0.5, 0.6) is 0 Å². The van der Waals surface area contributed by atoms with E-state index in [9.17, 15) is 0 Å². The summed E-state index contributed by atoms with van der Waals surface area (Å²) < 4.78 is 0. The van der Waals surface area contributed by atoms with Crippen molar-refractivity contribution < 1.29 is 0 Å². The maximum Gasteiger partial charge on any atom is 0.0413 e. The van der Waals surface area contributed by atoms with Crippen molar-refractivity contribution in [3.63, 3.8) is 0 Å². The third-order valence-electron chi connectivity index (χ3n) is 3.77. The number of rotatable bonds is 4. The van der Waals surface area contributed by atoms with Gasteiger partial charge >= 0.3 is 0 Å². The predicted octanol–water partition coefficient (Wildman–Crippen LogP) is 2.48. The molecule has 3 atom stereocenters. The standard InChI is InChI=1S/C12H20N2S/c1-9(12-4-3-7-15-12)14(2)11-6-5-10(11)8-13/h3-4,7,9-11H,5-6,8,13H2,1-2H3. The summed E-state index contributed by atoms with van der Waals surface area (Å²) in [6.07, 6.45) is 2.62. The number of hydrogen-bond donors (Lipinski definition) is 1. The second-order valence-corrected chi connectivity index (χ2v) is 5.48. The van der Waals surface area contributed by atoms with E-state index in [-0.39, 0.29) is 0 Å². The molecule has 0 saturated heterocycles. The van der Waals surface area contributed by atoms with Gasteiger partial charge in [0, 0.05) is 17.0 Å². The largest absolute Gasteiger partial charge is 0.330 e. The average Bonchev–Trinajstić information content (AvgIpc) is 2.68. The average molecular weight is 224 g/mol. The smallest absolute Gasteiger partial charge is 0.0413 e. The lowest BCUT2D eigenvalue weighted by molar-refractivity contribution is 0.0607. The van der Waals surface area contributed by atoms with Gasteiger partial charge in [-0.2, -0.15) is 0 Å². The molecule has 84 valence electrons. The van der Waals surface area contributed by atoms with Gasteiger partial charge < -0.3 is 5.73 Å². The van der Waals surface area contributed by atoms with Crippen molar-refractivity contribution in [2.45, 2.75) is 31.8 Å². The molecule has 0 radical (unpaired) electrons. The summed E-state index contributed by atoms with van der Waals surface area (Å²) in [6, 6.07) is 5.59. The number of hydrogen-bond acceptors (Lipinski definition) is 3. The van der Waals surface area contributed by atoms with Crippen molar-refractivity contribution in [2.24, 2.45) is 11.7 Å². The van der Waals surface area contributed by atoms with Gasteiger partial charge in [0.15, 0.2) is 0 Å². The molecule has 1 fully saturated rings. The Labute approximate surface area is 96.1 Å². The third kappa shape index (κ3) is 2.10. The topological polar surface area (TPSA) is 29.3 Å². The molecule has 1 aliphatic carbocycles. The molecule has 0 amide bonds. The van der Waals surface area contributed by atoms with E-state index in [1.807, 2.05) is 11.3 Å². The van der Waals surface area contributed by atoms with E-state index in [2.05, 4.69) is 36.4 Å². The van der Waals surface area contributed by atoms with Gasteiger partial charge in [0.1, 0.15) is 0 Å². The van der Waals surface area contributed by atoms with Crippen LogP contribution in [0.4, 0.5) is 0 Å². The number of thiophene rings is 1. The van der Waals surface area contributed by atoms with E-state index < -0.39 is 0 Å².